The van der Waals surface area contributed by atoms with Crippen molar-refractivity contribution in [2.45, 2.75) is 13.8 Å². The van der Waals surface area contributed by atoms with Crippen molar-refractivity contribution in [3.63, 3.8) is 0 Å². The van der Waals surface area contributed by atoms with Gasteiger partial charge in [-0.15, -0.1) is 0 Å². The molecule has 2 heterocycles. The summed E-state index contributed by atoms with van der Waals surface area (Å²) in [7, 11) is 1.62. The molecule has 0 bridgehead atoms. The fourth-order valence-electron chi connectivity index (χ4n) is 2.94. The molecule has 0 aliphatic carbocycles. The Labute approximate surface area is 171 Å². The molecule has 1 aromatic heterocycles. The molecular formula is C19H19BrN2O2S2. The Morgan fingerprint density at radius 2 is 1.96 bits per heavy atom. The van der Waals surface area contributed by atoms with Crippen LogP contribution < -0.4 is 0 Å². The number of hydrogen-bond donors (Lipinski definition) is 0. The van der Waals surface area contributed by atoms with Gasteiger partial charge in [-0.05, 0) is 55.8 Å². The molecule has 136 valence electrons. The lowest BCUT2D eigenvalue weighted by Crippen LogP contribution is -2.31. The maximum Gasteiger partial charge on any atom is 0.266 e. The van der Waals surface area contributed by atoms with E-state index in [2.05, 4.69) is 52.5 Å². The summed E-state index contributed by atoms with van der Waals surface area (Å²) in [5.41, 5.74) is 4.33. The van der Waals surface area contributed by atoms with E-state index in [0.717, 1.165) is 27.1 Å². The van der Waals surface area contributed by atoms with Crippen LogP contribution in [0.1, 0.15) is 17.0 Å². The summed E-state index contributed by atoms with van der Waals surface area (Å²) in [6.07, 6.45) is 1.93. The summed E-state index contributed by atoms with van der Waals surface area (Å²) >= 11 is 10.2. The van der Waals surface area contributed by atoms with Gasteiger partial charge in [0.05, 0.1) is 18.1 Å². The van der Waals surface area contributed by atoms with Gasteiger partial charge < -0.3 is 9.30 Å². The molecule has 1 aliphatic heterocycles. The summed E-state index contributed by atoms with van der Waals surface area (Å²) in [5.74, 6) is -0.0505. The van der Waals surface area contributed by atoms with Gasteiger partial charge in [-0.3, -0.25) is 9.69 Å². The zero-order chi connectivity index (χ0) is 18.8. The van der Waals surface area contributed by atoms with Crippen LogP contribution in [0.15, 0.2) is 39.7 Å². The van der Waals surface area contributed by atoms with Crippen LogP contribution >= 0.6 is 39.9 Å². The third kappa shape index (κ3) is 3.81. The highest BCUT2D eigenvalue weighted by Crippen LogP contribution is 2.34. The fraction of sp³-hybridized carbons (Fsp3) is 0.263. The van der Waals surface area contributed by atoms with Crippen LogP contribution in [-0.2, 0) is 9.53 Å². The molecule has 0 spiro atoms. The Morgan fingerprint density at radius 3 is 2.62 bits per heavy atom. The van der Waals surface area contributed by atoms with E-state index in [1.807, 2.05) is 18.2 Å². The normalized spacial score (nSPS) is 16.2. The molecule has 1 aromatic carbocycles. The third-order valence-electron chi connectivity index (χ3n) is 4.23. The van der Waals surface area contributed by atoms with Gasteiger partial charge in [-0.25, -0.2) is 0 Å². The molecule has 0 atom stereocenters. The van der Waals surface area contributed by atoms with Gasteiger partial charge >= 0.3 is 0 Å². The summed E-state index contributed by atoms with van der Waals surface area (Å²) in [6.45, 7) is 5.08. The van der Waals surface area contributed by atoms with Crippen molar-refractivity contribution < 1.29 is 9.53 Å². The molecule has 1 amide bonds. The van der Waals surface area contributed by atoms with Gasteiger partial charge in [0.2, 0.25) is 0 Å². The minimum absolute atomic E-state index is 0.0505. The number of ether oxygens (including phenoxy) is 1. The molecule has 3 rings (SSSR count). The number of halogens is 1. The number of amides is 1. The maximum absolute atomic E-state index is 12.6. The topological polar surface area (TPSA) is 34.5 Å². The Morgan fingerprint density at radius 1 is 1.27 bits per heavy atom. The largest absolute Gasteiger partial charge is 0.383 e. The van der Waals surface area contributed by atoms with E-state index in [0.29, 0.717) is 22.4 Å². The molecule has 26 heavy (non-hydrogen) atoms. The van der Waals surface area contributed by atoms with Gasteiger partial charge in [0, 0.05) is 28.7 Å². The zero-order valence-electron chi connectivity index (χ0n) is 14.8. The number of aromatic nitrogens is 1. The van der Waals surface area contributed by atoms with Crippen LogP contribution in [-0.4, -0.2) is 40.0 Å². The van der Waals surface area contributed by atoms with Gasteiger partial charge in [-0.2, -0.15) is 0 Å². The highest BCUT2D eigenvalue weighted by Gasteiger charge is 2.31. The maximum atomic E-state index is 12.6. The molecule has 0 N–H and O–H groups in total. The van der Waals surface area contributed by atoms with E-state index in [4.69, 9.17) is 17.0 Å². The lowest BCUT2D eigenvalue weighted by atomic mass is 10.2. The van der Waals surface area contributed by atoms with Crippen LogP contribution in [0.2, 0.25) is 0 Å². The average Bonchev–Trinajstić information content (AvgIpc) is 3.03. The molecule has 0 unspecified atom stereocenters. The smallest absolute Gasteiger partial charge is 0.266 e. The number of benzene rings is 1. The minimum atomic E-state index is -0.0505. The minimum Gasteiger partial charge on any atom is -0.383 e. The van der Waals surface area contributed by atoms with Crippen molar-refractivity contribution in [3.8, 4) is 5.69 Å². The SMILES string of the molecule is COCCN1C(=O)C(=Cc2cc(C)n(-c3ccc(Br)cc3)c2C)SC1=S. The van der Waals surface area contributed by atoms with E-state index in [9.17, 15) is 4.79 Å². The lowest BCUT2D eigenvalue weighted by molar-refractivity contribution is -0.122. The van der Waals surface area contributed by atoms with Crippen LogP contribution in [0.5, 0.6) is 0 Å². The molecule has 0 saturated carbocycles. The Bertz CT molecular complexity index is 888. The Hall–Kier alpha value is -1.41. The van der Waals surface area contributed by atoms with Crippen molar-refractivity contribution in [3.05, 3.63) is 56.7 Å². The van der Waals surface area contributed by atoms with E-state index in [-0.39, 0.29) is 5.91 Å². The van der Waals surface area contributed by atoms with Crippen molar-refractivity contribution in [1.29, 1.82) is 0 Å². The van der Waals surface area contributed by atoms with Crippen LogP contribution in [0.4, 0.5) is 0 Å². The molecule has 7 heteroatoms. The second-order valence-corrected chi connectivity index (χ2v) is 8.56. The highest BCUT2D eigenvalue weighted by molar-refractivity contribution is 9.10. The Kier molecular flexibility index (Phi) is 6.02. The lowest BCUT2D eigenvalue weighted by Gasteiger charge is -2.12. The van der Waals surface area contributed by atoms with Crippen LogP contribution in [0, 0.1) is 13.8 Å². The summed E-state index contributed by atoms with van der Waals surface area (Å²) < 4.78 is 8.87. The Balaban J connectivity index is 1.93. The first-order chi connectivity index (χ1) is 12.4. The van der Waals surface area contributed by atoms with Crippen LogP contribution in [0.25, 0.3) is 11.8 Å². The molecule has 0 radical (unpaired) electrons. The van der Waals surface area contributed by atoms with Crippen molar-refractivity contribution >= 4 is 56.2 Å². The predicted octanol–water partition coefficient (Wildman–Crippen LogP) is 4.70. The number of thiocarbonyl (C=S) groups is 1. The number of carbonyl (C=O) groups is 1. The summed E-state index contributed by atoms with van der Waals surface area (Å²) in [4.78, 5) is 14.9. The number of carbonyl (C=O) groups excluding carboxylic acids is 1. The molecular weight excluding hydrogens is 432 g/mol. The summed E-state index contributed by atoms with van der Waals surface area (Å²) in [5, 5.41) is 0. The second kappa shape index (κ2) is 8.08. The molecule has 1 aliphatic rings. The van der Waals surface area contributed by atoms with E-state index in [1.54, 1.807) is 12.0 Å². The van der Waals surface area contributed by atoms with Gasteiger partial charge in [0.1, 0.15) is 4.32 Å². The number of aryl methyl sites for hydroxylation is 1. The number of methoxy groups -OCH3 is 1. The fourth-order valence-corrected chi connectivity index (χ4v) is 4.50. The first kappa shape index (κ1) is 19.4. The van der Waals surface area contributed by atoms with Gasteiger partial charge in [0.25, 0.3) is 5.91 Å². The van der Waals surface area contributed by atoms with Crippen LogP contribution in [0.3, 0.4) is 0 Å². The third-order valence-corrected chi connectivity index (χ3v) is 6.14. The molecule has 1 saturated heterocycles. The number of hydrogen-bond acceptors (Lipinski definition) is 4. The monoisotopic (exact) mass is 450 g/mol. The standard InChI is InChI=1S/C19H19BrN2O2S2/c1-12-10-14(13(2)22(12)16-6-4-15(20)5-7-16)11-17-18(23)21(8-9-24-3)19(25)26-17/h4-7,10-11H,8-9H2,1-3H3. The first-order valence-corrected chi connectivity index (χ1v) is 10.1. The van der Waals surface area contributed by atoms with Gasteiger partial charge in [-0.1, -0.05) is 39.9 Å². The quantitative estimate of drug-likeness (QED) is 0.488. The number of thioether (sulfide) groups is 1. The highest BCUT2D eigenvalue weighted by atomic mass is 79.9. The first-order valence-electron chi connectivity index (χ1n) is 8.11. The molecule has 4 nitrogen and oxygen atoms in total. The second-order valence-electron chi connectivity index (χ2n) is 5.96. The zero-order valence-corrected chi connectivity index (χ0v) is 18.0. The number of rotatable bonds is 5. The van der Waals surface area contributed by atoms with Crippen molar-refractivity contribution in [2.24, 2.45) is 0 Å². The predicted molar refractivity (Wildman–Crippen MR) is 115 cm³/mol. The van der Waals surface area contributed by atoms with Crippen molar-refractivity contribution in [1.82, 2.24) is 9.47 Å². The average molecular weight is 451 g/mol. The van der Waals surface area contributed by atoms with Gasteiger partial charge in [0.15, 0.2) is 0 Å². The van der Waals surface area contributed by atoms with E-state index >= 15 is 0 Å². The number of nitrogens with zero attached hydrogens (tertiary/aromatic N) is 2. The molecule has 1 fully saturated rings. The summed E-state index contributed by atoms with van der Waals surface area (Å²) in [6, 6.07) is 10.3. The van der Waals surface area contributed by atoms with E-state index in [1.165, 1.54) is 11.8 Å². The van der Waals surface area contributed by atoms with Crippen molar-refractivity contribution in [2.75, 3.05) is 20.3 Å². The van der Waals surface area contributed by atoms with E-state index < -0.39 is 0 Å². The molecule has 2 aromatic rings.